The number of benzene rings is 2. The maximum Gasteiger partial charge on any atom is 0.459 e. The van der Waals surface area contributed by atoms with E-state index < -0.39 is 50.9 Å². The Bertz CT molecular complexity index is 1800. The van der Waals surface area contributed by atoms with Crippen molar-refractivity contribution in [2.24, 2.45) is 5.92 Å². The number of fused-ring (bicyclic) bond motifs is 2. The smallest absolute Gasteiger partial charge is 0.459 e. The van der Waals surface area contributed by atoms with Crippen LogP contribution in [0.1, 0.15) is 58.6 Å². The van der Waals surface area contributed by atoms with Crippen molar-refractivity contribution in [3.05, 3.63) is 54.1 Å². The lowest BCUT2D eigenvalue weighted by Gasteiger charge is -2.29. The average molecular weight is 703 g/mol. The highest BCUT2D eigenvalue weighted by Gasteiger charge is 2.47. The number of nitrogen functional groups attached to an aromatic ring is 1. The van der Waals surface area contributed by atoms with Gasteiger partial charge in [-0.25, -0.2) is 19.5 Å². The molecule has 1 saturated carbocycles. The van der Waals surface area contributed by atoms with Gasteiger partial charge < -0.3 is 29.9 Å². The number of nitrogens with one attached hydrogen (secondary N) is 1. The number of carbonyl (C=O) groups excluding carboxylic acids is 1. The van der Waals surface area contributed by atoms with Crippen molar-refractivity contribution in [2.75, 3.05) is 12.3 Å². The molecule has 6 atom stereocenters. The van der Waals surface area contributed by atoms with Crippen molar-refractivity contribution in [1.82, 2.24) is 24.6 Å². The van der Waals surface area contributed by atoms with Crippen molar-refractivity contribution < 1.29 is 38.1 Å². The van der Waals surface area contributed by atoms with E-state index in [9.17, 15) is 19.6 Å². The van der Waals surface area contributed by atoms with E-state index in [4.69, 9.17) is 35.9 Å². The topological polar surface area (TPSA) is 193 Å². The van der Waals surface area contributed by atoms with Gasteiger partial charge in [-0.15, -0.1) is 0 Å². The van der Waals surface area contributed by atoms with Crippen LogP contribution in [-0.4, -0.2) is 72.8 Å². The van der Waals surface area contributed by atoms with Gasteiger partial charge >= 0.3 is 13.7 Å². The van der Waals surface area contributed by atoms with Gasteiger partial charge in [0.2, 0.25) is 5.28 Å². The number of nitrogens with two attached hydrogens (primary N) is 1. The molecule has 2 fully saturated rings. The normalized spacial score (nSPS) is 23.8. The third-order valence-electron chi connectivity index (χ3n) is 8.57. The summed E-state index contributed by atoms with van der Waals surface area (Å²) in [5.74, 6) is -0.191. The number of aliphatic hydroxyl groups is 2. The monoisotopic (exact) mass is 702 g/mol. The van der Waals surface area contributed by atoms with Gasteiger partial charge in [-0.2, -0.15) is 5.09 Å². The van der Waals surface area contributed by atoms with Crippen LogP contribution >= 0.6 is 19.3 Å². The first kappa shape index (κ1) is 34.5. The molecule has 2 aliphatic rings. The lowest BCUT2D eigenvalue weighted by Crippen LogP contribution is -2.41. The zero-order chi connectivity index (χ0) is 34.0. The summed E-state index contributed by atoms with van der Waals surface area (Å²) in [6.45, 7) is 3.37. The highest BCUT2D eigenvalue weighted by molar-refractivity contribution is 7.52. The third kappa shape index (κ3) is 7.45. The van der Waals surface area contributed by atoms with E-state index in [0.29, 0.717) is 11.8 Å². The summed E-state index contributed by atoms with van der Waals surface area (Å²) >= 11 is 6.37. The van der Waals surface area contributed by atoms with Gasteiger partial charge in [-0.05, 0) is 61.1 Å². The average Bonchev–Trinajstić information content (AvgIpc) is 3.55. The predicted octanol–water partition coefficient (Wildman–Crippen LogP) is 4.92. The summed E-state index contributed by atoms with van der Waals surface area (Å²) in [5, 5.41) is 26.3. The number of ether oxygens (including phenoxy) is 2. The summed E-state index contributed by atoms with van der Waals surface area (Å²) in [5.41, 5.74) is 6.30. The Morgan fingerprint density at radius 2 is 1.88 bits per heavy atom. The molecule has 4 aromatic rings. The quantitative estimate of drug-likeness (QED) is 0.0884. The second-order valence-electron chi connectivity index (χ2n) is 12.6. The number of hydrogen-bond donors (Lipinski definition) is 4. The summed E-state index contributed by atoms with van der Waals surface area (Å²) in [6.07, 6.45) is 0.424. The Labute approximate surface area is 282 Å². The molecule has 5 N–H and O–H groups in total. The molecule has 2 aromatic heterocycles. The lowest BCUT2D eigenvalue weighted by molar-refractivity contribution is -0.153. The number of imidazole rings is 1. The minimum atomic E-state index is -4.40. The summed E-state index contributed by atoms with van der Waals surface area (Å²) in [6, 6.07) is 11.7. The molecule has 1 aliphatic heterocycles. The van der Waals surface area contributed by atoms with Gasteiger partial charge in [0.05, 0.1) is 6.61 Å². The van der Waals surface area contributed by atoms with E-state index in [2.05, 4.69) is 20.0 Å². The van der Waals surface area contributed by atoms with Crippen molar-refractivity contribution in [1.29, 1.82) is 0 Å². The molecule has 48 heavy (non-hydrogen) atoms. The molecule has 6 rings (SSSR count). The molecule has 1 aliphatic carbocycles. The van der Waals surface area contributed by atoms with Crippen molar-refractivity contribution >= 4 is 53.1 Å². The number of nitrogens with zero attached hydrogens (tertiary/aromatic N) is 4. The number of carbonyl (C=O) groups is 1. The van der Waals surface area contributed by atoms with Crippen LogP contribution in [0.25, 0.3) is 21.9 Å². The molecule has 2 unspecified atom stereocenters. The van der Waals surface area contributed by atoms with Gasteiger partial charge in [0.15, 0.2) is 23.2 Å². The van der Waals surface area contributed by atoms with Gasteiger partial charge in [-0.3, -0.25) is 13.9 Å². The number of halogens is 1. The van der Waals surface area contributed by atoms with Crippen molar-refractivity contribution in [2.45, 2.75) is 89.1 Å². The van der Waals surface area contributed by atoms with E-state index in [1.165, 1.54) is 10.9 Å². The number of hydrogen-bond acceptors (Lipinski definition) is 12. The summed E-state index contributed by atoms with van der Waals surface area (Å²) in [7, 11) is -4.40. The Hall–Kier alpha value is -3.36. The van der Waals surface area contributed by atoms with E-state index in [-0.39, 0.29) is 40.0 Å². The minimum Gasteiger partial charge on any atom is -0.461 e. The van der Waals surface area contributed by atoms with Crippen LogP contribution < -0.4 is 15.3 Å². The standard InChI is InChI=1S/C32H40ClN6O8P/c1-18(2)15-22(31(42)45-20-11-4-3-5-12-20)38-48(43,47-23-14-8-10-19-9-6-7-13-21(19)23)44-16-24-26(40)27(41)30(46-24)39-29-25(37-32(39)33)28(34)35-17-36-29/h6-10,13-14,17-18,20,22,24,26-27,30,40-41H,3-5,11-12,15-16H2,1-2H3,(H,38,43)(H2,34,35,36)/t22-,24+,26-,27?,30+,48?/m0/s1. The van der Waals surface area contributed by atoms with Crippen LogP contribution in [0, 0.1) is 5.92 Å². The highest BCUT2D eigenvalue weighted by atomic mass is 35.5. The number of rotatable bonds is 12. The van der Waals surface area contributed by atoms with Gasteiger partial charge in [-0.1, -0.05) is 56.7 Å². The fourth-order valence-electron chi connectivity index (χ4n) is 6.16. The van der Waals surface area contributed by atoms with E-state index in [1.54, 1.807) is 12.1 Å². The molecule has 0 amide bonds. The lowest BCUT2D eigenvalue weighted by atomic mass is 9.97. The first-order valence-corrected chi connectivity index (χ1v) is 18.0. The molecule has 14 nitrogen and oxygen atoms in total. The number of anilines is 1. The van der Waals surface area contributed by atoms with Gasteiger partial charge in [0, 0.05) is 5.39 Å². The van der Waals surface area contributed by atoms with Crippen LogP contribution in [0.5, 0.6) is 5.75 Å². The summed E-state index contributed by atoms with van der Waals surface area (Å²) < 4.78 is 39.9. The Balaban J connectivity index is 1.26. The van der Waals surface area contributed by atoms with Crippen LogP contribution in [0.3, 0.4) is 0 Å². The number of aliphatic hydroxyl groups excluding tert-OH is 2. The Morgan fingerprint density at radius 1 is 1.12 bits per heavy atom. The molecule has 0 bridgehead atoms. The molecule has 2 aromatic carbocycles. The van der Waals surface area contributed by atoms with Crippen LogP contribution in [0.4, 0.5) is 5.82 Å². The van der Waals surface area contributed by atoms with Crippen LogP contribution in [-0.2, 0) is 23.4 Å². The zero-order valence-corrected chi connectivity index (χ0v) is 28.3. The Morgan fingerprint density at radius 3 is 2.65 bits per heavy atom. The maximum absolute atomic E-state index is 14.7. The Kier molecular flexibility index (Phi) is 10.5. The minimum absolute atomic E-state index is 0.0240. The van der Waals surface area contributed by atoms with E-state index >= 15 is 0 Å². The van der Waals surface area contributed by atoms with E-state index in [0.717, 1.165) is 37.5 Å². The first-order chi connectivity index (χ1) is 23.0. The maximum atomic E-state index is 14.7. The molecule has 0 radical (unpaired) electrons. The fraction of sp³-hybridized carbons (Fsp3) is 0.500. The van der Waals surface area contributed by atoms with Gasteiger partial charge in [0.1, 0.15) is 42.5 Å². The number of esters is 1. The molecule has 3 heterocycles. The molecule has 0 spiro atoms. The van der Waals surface area contributed by atoms with E-state index in [1.807, 2.05) is 44.2 Å². The van der Waals surface area contributed by atoms with Crippen LogP contribution in [0.2, 0.25) is 5.28 Å². The van der Waals surface area contributed by atoms with Crippen molar-refractivity contribution in [3.63, 3.8) is 0 Å². The number of aromatic nitrogens is 4. The highest BCUT2D eigenvalue weighted by Crippen LogP contribution is 2.48. The molecule has 1 saturated heterocycles. The first-order valence-electron chi connectivity index (χ1n) is 16.1. The zero-order valence-electron chi connectivity index (χ0n) is 26.6. The van der Waals surface area contributed by atoms with Crippen LogP contribution in [0.15, 0.2) is 48.8 Å². The SMILES string of the molecule is CC(C)C[C@H](NP(=O)(OC[C@H]1O[C@@H](n2c(Cl)nc3c(N)ncnc32)C(O)[C@H]1O)Oc1cccc2ccccc12)C(=O)OC1CCCCC1. The van der Waals surface area contributed by atoms with Gasteiger partial charge in [0.25, 0.3) is 0 Å². The van der Waals surface area contributed by atoms with Crippen molar-refractivity contribution in [3.8, 4) is 5.75 Å². The largest absolute Gasteiger partial charge is 0.461 e. The molecule has 16 heteroatoms. The molecular formula is C32H40ClN6O8P. The third-order valence-corrected chi connectivity index (χ3v) is 10.4. The molecular weight excluding hydrogens is 663 g/mol. The molecule has 258 valence electrons. The second kappa shape index (κ2) is 14.6. The predicted molar refractivity (Wildman–Crippen MR) is 178 cm³/mol. The summed E-state index contributed by atoms with van der Waals surface area (Å²) in [4.78, 5) is 25.8. The fourth-order valence-corrected chi connectivity index (χ4v) is 7.96. The second-order valence-corrected chi connectivity index (χ2v) is 14.6.